The Labute approximate surface area is 100 Å². The molecule has 0 aromatic heterocycles. The molecule has 0 heterocycles. The van der Waals surface area contributed by atoms with E-state index in [-0.39, 0.29) is 0 Å². The molecule has 0 N–H and O–H groups in total. The van der Waals surface area contributed by atoms with Crippen LogP contribution in [0.2, 0.25) is 0 Å². The maximum atomic E-state index is 4.16. The zero-order valence-corrected chi connectivity index (χ0v) is 10.9. The summed E-state index contributed by atoms with van der Waals surface area (Å²) in [4.78, 5) is 0. The van der Waals surface area contributed by atoms with E-state index in [0.717, 1.165) is 25.2 Å². The molecular weight excluding hydrogens is 192 g/mol. The fourth-order valence-corrected chi connectivity index (χ4v) is 1.76. The number of rotatable bonds is 6. The van der Waals surface area contributed by atoms with E-state index < -0.39 is 0 Å². The van der Waals surface area contributed by atoms with Crippen molar-refractivity contribution in [3.8, 4) is 0 Å². The van der Waals surface area contributed by atoms with Gasteiger partial charge in [-0.05, 0) is 42.7 Å². The number of hydrogen-bond acceptors (Lipinski definition) is 0. The van der Waals surface area contributed by atoms with Gasteiger partial charge in [0, 0.05) is 0 Å². The molecule has 16 heavy (non-hydrogen) atoms. The van der Waals surface area contributed by atoms with Gasteiger partial charge >= 0.3 is 0 Å². The molecule has 0 saturated carbocycles. The van der Waals surface area contributed by atoms with Gasteiger partial charge in [-0.1, -0.05) is 57.2 Å². The Hall–Kier alpha value is -1.04. The van der Waals surface area contributed by atoms with Crippen LogP contribution in [0.15, 0.2) is 36.4 Å². The van der Waals surface area contributed by atoms with Gasteiger partial charge in [-0.2, -0.15) is 0 Å². The smallest absolute Gasteiger partial charge is 0.00698 e. The average Bonchev–Trinajstić information content (AvgIpc) is 2.27. The first-order valence-corrected chi connectivity index (χ1v) is 6.36. The Kier molecular flexibility index (Phi) is 5.31. The van der Waals surface area contributed by atoms with E-state index >= 15 is 0 Å². The highest BCUT2D eigenvalue weighted by atomic mass is 14.1. The van der Waals surface area contributed by atoms with Crippen LogP contribution in [-0.4, -0.2) is 0 Å². The molecule has 0 nitrogen and oxygen atoms in total. The second kappa shape index (κ2) is 6.52. The van der Waals surface area contributed by atoms with Gasteiger partial charge in [0.25, 0.3) is 0 Å². The van der Waals surface area contributed by atoms with Crippen LogP contribution in [0.5, 0.6) is 0 Å². The van der Waals surface area contributed by atoms with Crippen molar-refractivity contribution in [1.29, 1.82) is 0 Å². The molecule has 1 aromatic carbocycles. The minimum Gasteiger partial charge on any atom is -0.0995 e. The Balaban J connectivity index is 2.43. The van der Waals surface area contributed by atoms with E-state index in [9.17, 15) is 0 Å². The molecule has 0 aliphatic carbocycles. The molecule has 0 heteroatoms. The summed E-state index contributed by atoms with van der Waals surface area (Å²) in [5, 5.41) is 0. The minimum absolute atomic E-state index is 0.777. The first-order chi connectivity index (χ1) is 7.61. The van der Waals surface area contributed by atoms with Crippen LogP contribution in [-0.2, 0) is 12.8 Å². The third-order valence-corrected chi connectivity index (χ3v) is 2.96. The van der Waals surface area contributed by atoms with Crippen molar-refractivity contribution >= 4 is 0 Å². The summed E-state index contributed by atoms with van der Waals surface area (Å²) in [6.07, 6.45) is 4.57. The lowest BCUT2D eigenvalue weighted by atomic mass is 9.98. The predicted molar refractivity (Wildman–Crippen MR) is 72.7 cm³/mol. The lowest BCUT2D eigenvalue weighted by Crippen LogP contribution is -1.93. The van der Waals surface area contributed by atoms with Crippen LogP contribution in [0.1, 0.15) is 44.7 Å². The molecule has 1 aromatic rings. The molecule has 0 spiro atoms. The first-order valence-electron chi connectivity index (χ1n) is 6.36. The van der Waals surface area contributed by atoms with Crippen LogP contribution < -0.4 is 0 Å². The summed E-state index contributed by atoms with van der Waals surface area (Å²) in [5.74, 6) is 0.777. The van der Waals surface area contributed by atoms with E-state index in [4.69, 9.17) is 0 Å². The maximum absolute atomic E-state index is 4.16. The Bertz CT molecular complexity index is 316. The molecule has 88 valence electrons. The lowest BCUT2D eigenvalue weighted by molar-refractivity contribution is 0.581. The highest BCUT2D eigenvalue weighted by Crippen LogP contribution is 2.15. The standard InChI is InChI=1S/C16H24/c1-5-15-8-10-16(11-9-15)12-14(4)7-6-13(2)3/h8-11,13H,4-7,12H2,1-3H3. The molecule has 0 bridgehead atoms. The molecule has 0 aliphatic rings. The zero-order valence-electron chi connectivity index (χ0n) is 10.9. The van der Waals surface area contributed by atoms with Crippen LogP contribution >= 0.6 is 0 Å². The Morgan fingerprint density at radius 3 is 2.19 bits per heavy atom. The van der Waals surface area contributed by atoms with Crippen molar-refractivity contribution in [2.24, 2.45) is 5.92 Å². The highest BCUT2D eigenvalue weighted by Gasteiger charge is 2.00. The molecule has 0 saturated heterocycles. The van der Waals surface area contributed by atoms with Gasteiger partial charge in [0.15, 0.2) is 0 Å². The Morgan fingerprint density at radius 1 is 1.12 bits per heavy atom. The van der Waals surface area contributed by atoms with Crippen molar-refractivity contribution in [1.82, 2.24) is 0 Å². The fraction of sp³-hybridized carbons (Fsp3) is 0.500. The van der Waals surface area contributed by atoms with Crippen molar-refractivity contribution in [2.75, 3.05) is 0 Å². The molecular formula is C16H24. The topological polar surface area (TPSA) is 0 Å². The summed E-state index contributed by atoms with van der Waals surface area (Å²) in [6, 6.07) is 8.93. The normalized spacial score (nSPS) is 10.8. The molecule has 0 fully saturated rings. The first kappa shape index (κ1) is 13.0. The monoisotopic (exact) mass is 216 g/mol. The van der Waals surface area contributed by atoms with E-state index in [2.05, 4.69) is 51.6 Å². The van der Waals surface area contributed by atoms with Gasteiger partial charge in [0.2, 0.25) is 0 Å². The molecule has 0 radical (unpaired) electrons. The molecule has 0 aliphatic heterocycles. The van der Waals surface area contributed by atoms with E-state index in [1.54, 1.807) is 0 Å². The predicted octanol–water partition coefficient (Wildman–Crippen LogP) is 4.78. The van der Waals surface area contributed by atoms with Crippen LogP contribution in [0, 0.1) is 5.92 Å². The van der Waals surface area contributed by atoms with Gasteiger partial charge in [-0.3, -0.25) is 0 Å². The number of hydrogen-bond donors (Lipinski definition) is 0. The summed E-state index contributed by atoms with van der Waals surface area (Å²) in [6.45, 7) is 10.9. The van der Waals surface area contributed by atoms with Gasteiger partial charge < -0.3 is 0 Å². The van der Waals surface area contributed by atoms with Gasteiger partial charge in [-0.25, -0.2) is 0 Å². The quantitative estimate of drug-likeness (QED) is 0.600. The fourth-order valence-electron chi connectivity index (χ4n) is 1.76. The third kappa shape index (κ3) is 4.65. The Morgan fingerprint density at radius 2 is 1.69 bits per heavy atom. The lowest BCUT2D eigenvalue weighted by Gasteiger charge is -2.08. The highest BCUT2D eigenvalue weighted by molar-refractivity contribution is 5.25. The summed E-state index contributed by atoms with van der Waals surface area (Å²) < 4.78 is 0. The van der Waals surface area contributed by atoms with Crippen molar-refractivity contribution in [2.45, 2.75) is 46.5 Å². The largest absolute Gasteiger partial charge is 0.0995 e. The SMILES string of the molecule is C=C(CCC(C)C)Cc1ccc(CC)cc1. The minimum atomic E-state index is 0.777. The van der Waals surface area contributed by atoms with Gasteiger partial charge in [0.1, 0.15) is 0 Å². The third-order valence-electron chi connectivity index (χ3n) is 2.96. The number of allylic oxidation sites excluding steroid dienone is 1. The van der Waals surface area contributed by atoms with Crippen molar-refractivity contribution < 1.29 is 0 Å². The van der Waals surface area contributed by atoms with Crippen LogP contribution in [0.25, 0.3) is 0 Å². The van der Waals surface area contributed by atoms with Gasteiger partial charge in [-0.15, -0.1) is 0 Å². The average molecular weight is 216 g/mol. The summed E-state index contributed by atoms with van der Waals surface area (Å²) in [5.41, 5.74) is 4.17. The summed E-state index contributed by atoms with van der Waals surface area (Å²) >= 11 is 0. The molecule has 0 amide bonds. The zero-order chi connectivity index (χ0) is 12.0. The second-order valence-corrected chi connectivity index (χ2v) is 5.03. The van der Waals surface area contributed by atoms with E-state index in [1.807, 2.05) is 0 Å². The van der Waals surface area contributed by atoms with Crippen LogP contribution in [0.3, 0.4) is 0 Å². The summed E-state index contributed by atoms with van der Waals surface area (Å²) in [7, 11) is 0. The van der Waals surface area contributed by atoms with Crippen molar-refractivity contribution in [3.05, 3.63) is 47.5 Å². The molecule has 0 atom stereocenters. The molecule has 1 rings (SSSR count). The van der Waals surface area contributed by atoms with E-state index in [1.165, 1.54) is 23.1 Å². The van der Waals surface area contributed by atoms with Gasteiger partial charge in [0.05, 0.1) is 0 Å². The molecule has 0 unspecified atom stereocenters. The van der Waals surface area contributed by atoms with E-state index in [0.29, 0.717) is 0 Å². The maximum Gasteiger partial charge on any atom is -0.00698 e. The van der Waals surface area contributed by atoms with Crippen LogP contribution in [0.4, 0.5) is 0 Å². The number of aryl methyl sites for hydroxylation is 1. The number of benzene rings is 1. The van der Waals surface area contributed by atoms with Crippen molar-refractivity contribution in [3.63, 3.8) is 0 Å². The second-order valence-electron chi connectivity index (χ2n) is 5.03.